The highest BCUT2D eigenvalue weighted by atomic mass is 19.1. The second kappa shape index (κ2) is 6.63. The fourth-order valence-electron chi connectivity index (χ4n) is 2.91. The number of carbonyl (C=O) groups is 2. The molecule has 0 spiro atoms. The van der Waals surface area contributed by atoms with Gasteiger partial charge in [-0.25, -0.2) is 8.78 Å². The number of rotatable bonds is 3. The lowest BCUT2D eigenvalue weighted by atomic mass is 10.1. The summed E-state index contributed by atoms with van der Waals surface area (Å²) in [5, 5.41) is 2.77. The zero-order chi connectivity index (χ0) is 18.1. The first-order valence-corrected chi connectivity index (χ1v) is 7.99. The number of amides is 2. The highest BCUT2D eigenvalue weighted by Gasteiger charge is 2.37. The number of halogens is 2. The zero-order valence-corrected chi connectivity index (χ0v) is 14.0. The van der Waals surface area contributed by atoms with Crippen LogP contribution in [0.5, 0.6) is 0 Å². The van der Waals surface area contributed by atoms with Gasteiger partial charge in [0, 0.05) is 18.7 Å². The molecule has 1 heterocycles. The maximum absolute atomic E-state index is 13.9. The third-order valence-corrected chi connectivity index (χ3v) is 4.48. The number of benzene rings is 2. The van der Waals surface area contributed by atoms with Gasteiger partial charge in [0.25, 0.3) is 0 Å². The first-order valence-electron chi connectivity index (χ1n) is 7.99. The first-order chi connectivity index (χ1) is 11.9. The number of hydrogen-bond acceptors (Lipinski definition) is 2. The van der Waals surface area contributed by atoms with Crippen LogP contribution in [0.3, 0.4) is 0 Å². The molecule has 0 bridgehead atoms. The van der Waals surface area contributed by atoms with Gasteiger partial charge in [-0.15, -0.1) is 0 Å². The molecule has 25 heavy (non-hydrogen) atoms. The number of anilines is 2. The lowest BCUT2D eigenvalue weighted by Gasteiger charge is -2.18. The predicted octanol–water partition coefficient (Wildman–Crippen LogP) is 3.57. The van der Waals surface area contributed by atoms with Crippen LogP contribution in [0.2, 0.25) is 0 Å². The molecule has 1 atom stereocenters. The van der Waals surface area contributed by atoms with Gasteiger partial charge in [-0.2, -0.15) is 0 Å². The fraction of sp³-hybridized carbons (Fsp3) is 0.263. The molecule has 3 rings (SSSR count). The molecule has 6 heteroatoms. The van der Waals surface area contributed by atoms with Gasteiger partial charge in [0.05, 0.1) is 5.92 Å². The van der Waals surface area contributed by atoms with Crippen LogP contribution in [0.15, 0.2) is 36.4 Å². The van der Waals surface area contributed by atoms with Crippen molar-refractivity contribution in [2.45, 2.75) is 20.3 Å². The molecule has 1 saturated heterocycles. The largest absolute Gasteiger partial charge is 0.326 e. The van der Waals surface area contributed by atoms with Crippen molar-refractivity contribution < 1.29 is 18.4 Å². The molecule has 1 unspecified atom stereocenters. The molecular formula is C19H18F2N2O2. The van der Waals surface area contributed by atoms with Crippen molar-refractivity contribution in [3.63, 3.8) is 0 Å². The van der Waals surface area contributed by atoms with Crippen LogP contribution in [0, 0.1) is 31.4 Å². The van der Waals surface area contributed by atoms with E-state index in [2.05, 4.69) is 5.32 Å². The summed E-state index contributed by atoms with van der Waals surface area (Å²) in [5.41, 5.74) is 2.38. The zero-order valence-electron chi connectivity index (χ0n) is 14.0. The Labute approximate surface area is 144 Å². The molecule has 0 aromatic heterocycles. The number of nitrogens with zero attached hydrogens (tertiary/aromatic N) is 1. The molecule has 4 nitrogen and oxygen atoms in total. The minimum absolute atomic E-state index is 0.0483. The van der Waals surface area contributed by atoms with E-state index >= 15 is 0 Å². The van der Waals surface area contributed by atoms with Gasteiger partial charge in [0.2, 0.25) is 11.8 Å². The van der Waals surface area contributed by atoms with Crippen molar-refractivity contribution in [3.8, 4) is 0 Å². The molecule has 2 amide bonds. The van der Waals surface area contributed by atoms with Gasteiger partial charge in [0.15, 0.2) is 0 Å². The average Bonchev–Trinajstić information content (AvgIpc) is 2.93. The maximum atomic E-state index is 13.9. The monoisotopic (exact) mass is 344 g/mol. The third kappa shape index (κ3) is 3.38. The van der Waals surface area contributed by atoms with E-state index in [-0.39, 0.29) is 18.9 Å². The normalized spacial score (nSPS) is 17.0. The standard InChI is InChI=1S/C19H18F2N2O2/c1-11-6-7-14(8-12(11)2)22-19(25)13-9-17(24)23(10-13)18-15(20)4-3-5-16(18)21/h3-8,13H,9-10H2,1-2H3,(H,22,25). The van der Waals surface area contributed by atoms with Gasteiger partial charge in [-0.05, 0) is 49.2 Å². The SMILES string of the molecule is Cc1ccc(NC(=O)C2CC(=O)N(c3c(F)cccc3F)C2)cc1C. The lowest BCUT2D eigenvalue weighted by molar-refractivity contribution is -0.122. The molecule has 130 valence electrons. The van der Waals surface area contributed by atoms with Crippen LogP contribution in [0.4, 0.5) is 20.2 Å². The molecule has 0 saturated carbocycles. The topological polar surface area (TPSA) is 49.4 Å². The smallest absolute Gasteiger partial charge is 0.229 e. The number of aryl methyl sites for hydroxylation is 2. The summed E-state index contributed by atoms with van der Waals surface area (Å²) in [6, 6.07) is 8.94. The minimum atomic E-state index is -0.816. The van der Waals surface area contributed by atoms with Crippen molar-refractivity contribution in [2.24, 2.45) is 5.92 Å². The highest BCUT2D eigenvalue weighted by molar-refractivity contribution is 6.03. The fourth-order valence-corrected chi connectivity index (χ4v) is 2.91. The van der Waals surface area contributed by atoms with Gasteiger partial charge in [-0.3, -0.25) is 9.59 Å². The number of carbonyl (C=O) groups excluding carboxylic acids is 2. The van der Waals surface area contributed by atoms with Gasteiger partial charge < -0.3 is 10.2 Å². The molecular weight excluding hydrogens is 326 g/mol. The predicted molar refractivity (Wildman–Crippen MR) is 91.4 cm³/mol. The second-order valence-electron chi connectivity index (χ2n) is 6.26. The van der Waals surface area contributed by atoms with Gasteiger partial charge in [0.1, 0.15) is 17.3 Å². The molecule has 0 aliphatic carbocycles. The van der Waals surface area contributed by atoms with Crippen molar-refractivity contribution in [1.29, 1.82) is 0 Å². The highest BCUT2D eigenvalue weighted by Crippen LogP contribution is 2.30. The summed E-state index contributed by atoms with van der Waals surface area (Å²) in [6.07, 6.45) is -0.0789. The molecule has 1 aliphatic heterocycles. The summed E-state index contributed by atoms with van der Waals surface area (Å²) < 4.78 is 27.8. The molecule has 0 radical (unpaired) electrons. The molecule has 1 fully saturated rings. The summed E-state index contributed by atoms with van der Waals surface area (Å²) in [5.74, 6) is -3.10. The quantitative estimate of drug-likeness (QED) is 0.925. The van der Waals surface area contributed by atoms with Crippen LogP contribution in [0.1, 0.15) is 17.5 Å². The Morgan fingerprint density at radius 1 is 1.12 bits per heavy atom. The molecule has 1 aliphatic rings. The van der Waals surface area contributed by atoms with Crippen molar-refractivity contribution >= 4 is 23.2 Å². The van der Waals surface area contributed by atoms with E-state index in [1.54, 1.807) is 6.07 Å². The van der Waals surface area contributed by atoms with Crippen molar-refractivity contribution in [2.75, 3.05) is 16.8 Å². The van der Waals surface area contributed by atoms with Gasteiger partial charge >= 0.3 is 0 Å². The van der Waals surface area contributed by atoms with Crippen molar-refractivity contribution in [3.05, 3.63) is 59.2 Å². The third-order valence-electron chi connectivity index (χ3n) is 4.48. The number of hydrogen-bond donors (Lipinski definition) is 1. The van der Waals surface area contributed by atoms with E-state index in [9.17, 15) is 18.4 Å². The Bertz CT molecular complexity index is 831. The summed E-state index contributed by atoms with van der Waals surface area (Å²) in [6.45, 7) is 3.86. The van der Waals surface area contributed by atoms with E-state index in [1.165, 1.54) is 6.07 Å². The van der Waals surface area contributed by atoms with E-state index in [0.717, 1.165) is 28.2 Å². The Kier molecular flexibility index (Phi) is 4.53. The lowest BCUT2D eigenvalue weighted by Crippen LogP contribution is -2.29. The Hall–Kier alpha value is -2.76. The summed E-state index contributed by atoms with van der Waals surface area (Å²) in [7, 11) is 0. The van der Waals surface area contributed by atoms with Crippen LogP contribution in [0.25, 0.3) is 0 Å². The maximum Gasteiger partial charge on any atom is 0.229 e. The Morgan fingerprint density at radius 2 is 1.80 bits per heavy atom. The average molecular weight is 344 g/mol. The van der Waals surface area contributed by atoms with Crippen LogP contribution in [-0.4, -0.2) is 18.4 Å². The van der Waals surface area contributed by atoms with Crippen LogP contribution in [-0.2, 0) is 9.59 Å². The van der Waals surface area contributed by atoms with Crippen molar-refractivity contribution in [1.82, 2.24) is 0 Å². The summed E-state index contributed by atoms with van der Waals surface area (Å²) >= 11 is 0. The Morgan fingerprint density at radius 3 is 2.44 bits per heavy atom. The first kappa shape index (κ1) is 17.1. The second-order valence-corrected chi connectivity index (χ2v) is 6.26. The van der Waals surface area contributed by atoms with E-state index < -0.39 is 29.1 Å². The Balaban J connectivity index is 1.75. The number of nitrogens with one attached hydrogen (secondary N) is 1. The molecule has 2 aromatic carbocycles. The molecule has 1 N–H and O–H groups in total. The van der Waals surface area contributed by atoms with Crippen LogP contribution >= 0.6 is 0 Å². The number of para-hydroxylation sites is 1. The summed E-state index contributed by atoms with van der Waals surface area (Å²) in [4.78, 5) is 25.6. The molecule has 2 aromatic rings. The van der Waals surface area contributed by atoms with Crippen LogP contribution < -0.4 is 10.2 Å². The van der Waals surface area contributed by atoms with E-state index in [4.69, 9.17) is 0 Å². The van der Waals surface area contributed by atoms with Gasteiger partial charge in [-0.1, -0.05) is 12.1 Å². The minimum Gasteiger partial charge on any atom is -0.326 e. The van der Waals surface area contributed by atoms with E-state index in [0.29, 0.717) is 5.69 Å². The van der Waals surface area contributed by atoms with E-state index in [1.807, 2.05) is 26.0 Å².